The van der Waals surface area contributed by atoms with Gasteiger partial charge >= 0.3 is 0 Å². The van der Waals surface area contributed by atoms with E-state index < -0.39 is 29.5 Å². The fourth-order valence-corrected chi connectivity index (χ4v) is 8.81. The molecule has 0 N–H and O–H groups in total. The SMILES string of the molecule is C=Cc1cc([C@@H]2O[C@H](COCc3ccccc3)[C@@H](OCc3ccccc3)[C@@]2(C)OCc2ccccc2)n2ncnc([N-]C(c3ccccc3)(c3ccccc3)c3ccc(OC)cc3)c12. The maximum absolute atomic E-state index is 7.19. The van der Waals surface area contributed by atoms with Crippen molar-refractivity contribution >= 4 is 17.4 Å². The highest BCUT2D eigenvalue weighted by molar-refractivity contribution is 5.84. The predicted octanol–water partition coefficient (Wildman–Crippen LogP) is 11.6. The molecular weight excluding hydrogens is 797 g/mol. The van der Waals surface area contributed by atoms with Gasteiger partial charge in [-0.1, -0.05) is 176 Å². The van der Waals surface area contributed by atoms with Crippen LogP contribution < -0.4 is 4.74 Å². The Morgan fingerprint density at radius 1 is 0.703 bits per heavy atom. The summed E-state index contributed by atoms with van der Waals surface area (Å²) in [6, 6.07) is 61.2. The number of ether oxygens (including phenoxy) is 5. The van der Waals surface area contributed by atoms with Gasteiger partial charge in [-0.25, -0.2) is 4.52 Å². The third-order valence-electron chi connectivity index (χ3n) is 12.0. The molecule has 0 aliphatic carbocycles. The fourth-order valence-electron chi connectivity index (χ4n) is 8.81. The van der Waals surface area contributed by atoms with Crippen molar-refractivity contribution in [1.82, 2.24) is 14.6 Å². The van der Waals surface area contributed by atoms with E-state index >= 15 is 0 Å². The summed E-state index contributed by atoms with van der Waals surface area (Å²) in [5.74, 6) is 1.22. The average molecular weight is 848 g/mol. The van der Waals surface area contributed by atoms with E-state index in [4.69, 9.17) is 39.1 Å². The molecule has 6 aromatic carbocycles. The molecule has 0 unspecified atom stereocenters. The van der Waals surface area contributed by atoms with Crippen molar-refractivity contribution in [3.8, 4) is 5.75 Å². The van der Waals surface area contributed by atoms with Crippen LogP contribution in [0, 0.1) is 0 Å². The van der Waals surface area contributed by atoms with Crippen LogP contribution in [0.5, 0.6) is 5.75 Å². The van der Waals surface area contributed by atoms with Crippen LogP contribution in [0.15, 0.2) is 195 Å². The first-order valence-electron chi connectivity index (χ1n) is 21.6. The number of nitrogens with zero attached hydrogens (tertiary/aromatic N) is 4. The number of hydrogen-bond acceptors (Lipinski definition) is 7. The molecule has 3 heterocycles. The van der Waals surface area contributed by atoms with Gasteiger partial charge in [0.05, 0.1) is 50.3 Å². The van der Waals surface area contributed by atoms with Gasteiger partial charge in [-0.3, -0.25) is 0 Å². The summed E-state index contributed by atoms with van der Waals surface area (Å²) < 4.78 is 35.2. The molecule has 0 bridgehead atoms. The van der Waals surface area contributed by atoms with Crippen LogP contribution in [0.1, 0.15) is 57.7 Å². The number of aromatic nitrogens is 3. The molecule has 0 amide bonds. The lowest BCUT2D eigenvalue weighted by Crippen LogP contribution is -2.47. The monoisotopic (exact) mass is 847 g/mol. The largest absolute Gasteiger partial charge is 0.497 e. The van der Waals surface area contributed by atoms with Gasteiger partial charge in [0.25, 0.3) is 0 Å². The smallest absolute Gasteiger partial charge is 0.131 e. The van der Waals surface area contributed by atoms with Crippen LogP contribution in [-0.4, -0.2) is 46.1 Å². The average Bonchev–Trinajstić information content (AvgIpc) is 3.87. The Hall–Kier alpha value is -6.88. The minimum absolute atomic E-state index is 0.265. The van der Waals surface area contributed by atoms with Crippen LogP contribution in [0.2, 0.25) is 0 Å². The maximum Gasteiger partial charge on any atom is 0.131 e. The number of rotatable bonds is 18. The molecule has 322 valence electrons. The van der Waals surface area contributed by atoms with Gasteiger partial charge in [0, 0.05) is 11.9 Å². The Labute approximate surface area is 374 Å². The van der Waals surface area contributed by atoms with Gasteiger partial charge in [0.2, 0.25) is 0 Å². The Kier molecular flexibility index (Phi) is 12.8. The van der Waals surface area contributed by atoms with Crippen LogP contribution in [0.25, 0.3) is 16.9 Å². The van der Waals surface area contributed by atoms with E-state index in [0.717, 1.165) is 50.4 Å². The molecule has 1 fully saturated rings. The summed E-state index contributed by atoms with van der Waals surface area (Å²) in [6.07, 6.45) is 1.63. The molecular formula is C55H51N4O5-. The van der Waals surface area contributed by atoms with Crippen molar-refractivity contribution in [2.24, 2.45) is 0 Å². The first-order chi connectivity index (χ1) is 31.5. The first kappa shape index (κ1) is 42.4. The van der Waals surface area contributed by atoms with Gasteiger partial charge in [-0.15, -0.1) is 0 Å². The van der Waals surface area contributed by atoms with E-state index in [2.05, 4.69) is 92.4 Å². The predicted molar refractivity (Wildman–Crippen MR) is 250 cm³/mol. The molecule has 9 heteroatoms. The topological polar surface area (TPSA) is 90.4 Å². The van der Waals surface area contributed by atoms with E-state index in [1.807, 2.05) is 114 Å². The molecule has 0 saturated carbocycles. The maximum atomic E-state index is 7.19. The van der Waals surface area contributed by atoms with Gasteiger partial charge in [-0.05, 0) is 64.3 Å². The number of benzene rings is 6. The van der Waals surface area contributed by atoms with Crippen LogP contribution in [-0.2, 0) is 44.3 Å². The van der Waals surface area contributed by atoms with Crippen molar-refractivity contribution in [2.75, 3.05) is 13.7 Å². The minimum Gasteiger partial charge on any atom is -0.497 e. The first-order valence-corrected chi connectivity index (χ1v) is 21.6. The number of hydrogen-bond donors (Lipinski definition) is 0. The van der Waals surface area contributed by atoms with E-state index in [9.17, 15) is 0 Å². The van der Waals surface area contributed by atoms with Gasteiger partial charge < -0.3 is 34.0 Å². The molecule has 2 aromatic heterocycles. The molecule has 8 aromatic rings. The van der Waals surface area contributed by atoms with Crippen LogP contribution in [0.4, 0.5) is 5.82 Å². The highest BCUT2D eigenvalue weighted by Gasteiger charge is 2.57. The van der Waals surface area contributed by atoms with Crippen molar-refractivity contribution in [3.63, 3.8) is 0 Å². The summed E-state index contributed by atoms with van der Waals surface area (Å²) in [5.41, 5.74) is 6.15. The quantitative estimate of drug-likeness (QED) is 0.0794. The summed E-state index contributed by atoms with van der Waals surface area (Å²) in [4.78, 5) is 4.94. The molecule has 0 radical (unpaired) electrons. The fraction of sp³-hybridized carbons (Fsp3) is 0.200. The third-order valence-corrected chi connectivity index (χ3v) is 12.0. The summed E-state index contributed by atoms with van der Waals surface area (Å²) in [6.45, 7) is 7.72. The van der Waals surface area contributed by atoms with Crippen LogP contribution >= 0.6 is 0 Å². The Morgan fingerprint density at radius 2 is 1.23 bits per heavy atom. The Bertz CT molecular complexity index is 2700. The van der Waals surface area contributed by atoms with Crippen molar-refractivity contribution < 1.29 is 23.7 Å². The molecule has 1 aliphatic heterocycles. The standard InChI is InChI=1S/C55H51N4O5/c1-4-43-34-48(59-50(43)53(56-39-57-59)58-55(44-26-16-8-17-27-44,45-28-18-9-19-29-45)46-30-32-47(60-3)33-31-46)51-54(2,63-37-42-24-14-7-15-25-42)52(62-36-41-22-12-6-13-23-41)49(64-51)38-61-35-40-20-10-5-11-21-40/h4-34,39,49,51-52H,1,35-38H2,2-3H3/q-1/t49-,51+,52-,54+/m1/s1. The number of methoxy groups -OCH3 is 1. The van der Waals surface area contributed by atoms with E-state index in [0.29, 0.717) is 31.2 Å². The summed E-state index contributed by atoms with van der Waals surface area (Å²) in [7, 11) is 1.67. The minimum atomic E-state index is -1.04. The second-order valence-corrected chi connectivity index (χ2v) is 16.1. The molecule has 0 spiro atoms. The van der Waals surface area contributed by atoms with Gasteiger partial charge in [-0.2, -0.15) is 5.10 Å². The zero-order chi connectivity index (χ0) is 43.8. The molecule has 1 saturated heterocycles. The molecule has 4 atom stereocenters. The van der Waals surface area contributed by atoms with E-state index in [1.165, 1.54) is 0 Å². The van der Waals surface area contributed by atoms with E-state index in [1.54, 1.807) is 13.4 Å². The summed E-state index contributed by atoms with van der Waals surface area (Å²) in [5, 5.41) is 10.7. The highest BCUT2D eigenvalue weighted by atomic mass is 16.6. The van der Waals surface area contributed by atoms with Crippen LogP contribution in [0.3, 0.4) is 0 Å². The lowest BCUT2D eigenvalue weighted by Gasteiger charge is -2.43. The Balaban J connectivity index is 1.17. The zero-order valence-corrected chi connectivity index (χ0v) is 36.1. The molecule has 64 heavy (non-hydrogen) atoms. The summed E-state index contributed by atoms with van der Waals surface area (Å²) >= 11 is 0. The highest BCUT2D eigenvalue weighted by Crippen LogP contribution is 2.51. The van der Waals surface area contributed by atoms with E-state index in [-0.39, 0.29) is 6.61 Å². The van der Waals surface area contributed by atoms with Gasteiger partial charge in [0.1, 0.15) is 29.7 Å². The normalized spacial score (nSPS) is 18.5. The molecule has 9 nitrogen and oxygen atoms in total. The Morgan fingerprint density at radius 3 is 1.80 bits per heavy atom. The lowest BCUT2D eigenvalue weighted by molar-refractivity contribution is -0.148. The van der Waals surface area contributed by atoms with Crippen molar-refractivity contribution in [1.29, 1.82) is 0 Å². The lowest BCUT2D eigenvalue weighted by atomic mass is 9.77. The third kappa shape index (κ3) is 8.59. The van der Waals surface area contributed by atoms with Crippen molar-refractivity contribution in [2.45, 2.75) is 56.2 Å². The second-order valence-electron chi connectivity index (χ2n) is 16.1. The molecule has 9 rings (SSSR count). The molecule has 1 aliphatic rings. The zero-order valence-electron chi connectivity index (χ0n) is 36.1. The second kappa shape index (κ2) is 19.2. The van der Waals surface area contributed by atoms with Crippen molar-refractivity contribution in [3.05, 3.63) is 245 Å². The van der Waals surface area contributed by atoms with Gasteiger partial charge in [0.15, 0.2) is 0 Å². The number of fused-ring (bicyclic) bond motifs is 1.